The molecule has 2 atom stereocenters. The van der Waals surface area contributed by atoms with Crippen molar-refractivity contribution in [1.82, 2.24) is 0 Å². The molecule has 0 spiro atoms. The Morgan fingerprint density at radius 1 is 0.731 bits per heavy atom. The fraction of sp³-hybridized carbons (Fsp3) is 1.00. The minimum atomic E-state index is -3.65. The van der Waals surface area contributed by atoms with Crippen molar-refractivity contribution in [2.45, 2.75) is 116 Å². The van der Waals surface area contributed by atoms with Crippen LogP contribution < -0.4 is 0 Å². The average molecular weight is 413 g/mol. The lowest BCUT2D eigenvalue weighted by Gasteiger charge is -2.18. The maximum Gasteiger partial charge on any atom is 0.259 e. The van der Waals surface area contributed by atoms with E-state index < -0.39 is 14.5 Å². The van der Waals surface area contributed by atoms with E-state index in [0.717, 1.165) is 19.3 Å². The Morgan fingerprint density at radius 3 is 1.73 bits per heavy atom. The van der Waals surface area contributed by atoms with Crippen molar-refractivity contribution in [2.75, 3.05) is 13.2 Å². The van der Waals surface area contributed by atoms with Crippen molar-refractivity contribution in [1.29, 1.82) is 0 Å². The van der Waals surface area contributed by atoms with Crippen LogP contribution >= 0.6 is 10.7 Å². The Labute approximate surface area is 166 Å². The molecule has 0 radical (unpaired) electrons. The third-order valence-corrected chi connectivity index (χ3v) is 6.36. The standard InChI is InChI=1S/C20H41ClO4S/c1-4-6-7-8-9-10-11-12-13-14-16-20(15-5-2)25-18-17-24-19(3)26(21,22)23/h19-20H,4-18H2,1-3H3. The molecule has 6 heteroatoms. The Bertz CT molecular complexity index is 401. The molecule has 0 amide bonds. The molecular weight excluding hydrogens is 372 g/mol. The highest BCUT2D eigenvalue weighted by Gasteiger charge is 2.17. The molecule has 0 rings (SSSR count). The number of hydrogen-bond acceptors (Lipinski definition) is 4. The molecule has 0 aromatic carbocycles. The summed E-state index contributed by atoms with van der Waals surface area (Å²) in [6.07, 6.45) is 16.9. The first-order valence-corrected chi connectivity index (χ1v) is 13.0. The number of rotatable bonds is 19. The van der Waals surface area contributed by atoms with Gasteiger partial charge in [0.25, 0.3) is 9.05 Å². The average Bonchev–Trinajstić information content (AvgIpc) is 2.59. The Balaban J connectivity index is 3.64. The van der Waals surface area contributed by atoms with Gasteiger partial charge in [0.05, 0.1) is 19.3 Å². The summed E-state index contributed by atoms with van der Waals surface area (Å²) in [4.78, 5) is 0. The van der Waals surface area contributed by atoms with E-state index in [-0.39, 0.29) is 12.7 Å². The summed E-state index contributed by atoms with van der Waals surface area (Å²) in [6.45, 7) is 6.53. The van der Waals surface area contributed by atoms with Crippen LogP contribution in [0.25, 0.3) is 0 Å². The second-order valence-corrected chi connectivity index (χ2v) is 10.1. The molecule has 0 aromatic rings. The molecule has 0 saturated carbocycles. The largest absolute Gasteiger partial charge is 0.376 e. The van der Waals surface area contributed by atoms with E-state index in [1.807, 2.05) is 0 Å². The monoisotopic (exact) mass is 412 g/mol. The van der Waals surface area contributed by atoms with Crippen molar-refractivity contribution in [2.24, 2.45) is 0 Å². The minimum absolute atomic E-state index is 0.251. The first-order chi connectivity index (χ1) is 12.4. The first-order valence-electron chi connectivity index (χ1n) is 10.6. The van der Waals surface area contributed by atoms with Crippen LogP contribution in [-0.4, -0.2) is 33.2 Å². The lowest BCUT2D eigenvalue weighted by atomic mass is 10.0. The molecule has 0 aromatic heterocycles. The van der Waals surface area contributed by atoms with Crippen LogP contribution in [0.2, 0.25) is 0 Å². The molecular formula is C20H41ClO4S. The van der Waals surface area contributed by atoms with Crippen molar-refractivity contribution >= 4 is 19.7 Å². The van der Waals surface area contributed by atoms with Crippen molar-refractivity contribution in [3.8, 4) is 0 Å². The van der Waals surface area contributed by atoms with Gasteiger partial charge in [-0.05, 0) is 19.8 Å². The van der Waals surface area contributed by atoms with Gasteiger partial charge in [-0.3, -0.25) is 0 Å². The van der Waals surface area contributed by atoms with Crippen molar-refractivity contribution < 1.29 is 17.9 Å². The summed E-state index contributed by atoms with van der Waals surface area (Å²) in [6, 6.07) is 0. The second kappa shape index (κ2) is 17.3. The highest BCUT2D eigenvalue weighted by Crippen LogP contribution is 2.15. The molecule has 26 heavy (non-hydrogen) atoms. The number of halogens is 1. The zero-order chi connectivity index (χ0) is 19.7. The van der Waals surface area contributed by atoms with Crippen LogP contribution in [0.3, 0.4) is 0 Å². The zero-order valence-corrected chi connectivity index (χ0v) is 18.8. The van der Waals surface area contributed by atoms with E-state index in [1.54, 1.807) is 0 Å². The maximum absolute atomic E-state index is 11.1. The summed E-state index contributed by atoms with van der Waals surface area (Å²) >= 11 is 0. The first kappa shape index (κ1) is 26.2. The number of unbranched alkanes of at least 4 members (excludes halogenated alkanes) is 9. The van der Waals surface area contributed by atoms with Crippen LogP contribution in [0.15, 0.2) is 0 Å². The van der Waals surface area contributed by atoms with Gasteiger partial charge in [0.1, 0.15) is 0 Å². The fourth-order valence-electron chi connectivity index (χ4n) is 3.00. The maximum atomic E-state index is 11.1. The normalized spacial score (nSPS) is 14.5. The van der Waals surface area contributed by atoms with Gasteiger partial charge in [0.2, 0.25) is 0 Å². The highest BCUT2D eigenvalue weighted by molar-refractivity contribution is 8.14. The van der Waals surface area contributed by atoms with E-state index >= 15 is 0 Å². The van der Waals surface area contributed by atoms with E-state index in [1.165, 1.54) is 71.1 Å². The summed E-state index contributed by atoms with van der Waals surface area (Å²) in [5.74, 6) is 0. The van der Waals surface area contributed by atoms with E-state index in [4.69, 9.17) is 20.2 Å². The molecule has 158 valence electrons. The summed E-state index contributed by atoms with van der Waals surface area (Å²) in [5, 5.41) is 0. The van der Waals surface area contributed by atoms with Gasteiger partial charge in [-0.25, -0.2) is 8.42 Å². The predicted octanol–water partition coefficient (Wildman–Crippen LogP) is 6.41. The molecule has 0 aliphatic heterocycles. The van der Waals surface area contributed by atoms with Crippen LogP contribution in [0, 0.1) is 0 Å². The number of hydrogen-bond donors (Lipinski definition) is 0. The van der Waals surface area contributed by atoms with Crippen LogP contribution in [0.5, 0.6) is 0 Å². The summed E-state index contributed by atoms with van der Waals surface area (Å²) in [5.41, 5.74) is -0.987. The number of ether oxygens (including phenoxy) is 2. The van der Waals surface area contributed by atoms with Crippen molar-refractivity contribution in [3.05, 3.63) is 0 Å². The summed E-state index contributed by atoms with van der Waals surface area (Å²) < 4.78 is 33.2. The van der Waals surface area contributed by atoms with Crippen LogP contribution in [-0.2, 0) is 18.5 Å². The van der Waals surface area contributed by atoms with E-state index in [2.05, 4.69) is 13.8 Å². The second-order valence-electron chi connectivity index (χ2n) is 7.17. The highest BCUT2D eigenvalue weighted by atomic mass is 35.7. The molecule has 4 nitrogen and oxygen atoms in total. The van der Waals surface area contributed by atoms with Gasteiger partial charge in [-0.1, -0.05) is 84.5 Å². The third-order valence-electron chi connectivity index (χ3n) is 4.68. The third kappa shape index (κ3) is 16.3. The Morgan fingerprint density at radius 2 is 1.23 bits per heavy atom. The lowest BCUT2D eigenvalue weighted by molar-refractivity contribution is -0.00732. The molecule has 2 unspecified atom stereocenters. The van der Waals surface area contributed by atoms with Gasteiger partial charge < -0.3 is 9.47 Å². The molecule has 0 saturated heterocycles. The SMILES string of the molecule is CCCCCCCCCCCCC(CCC)OCCOC(C)S(=O)(=O)Cl. The quantitative estimate of drug-likeness (QED) is 0.181. The molecule has 0 aliphatic rings. The predicted molar refractivity (Wildman–Crippen MR) is 111 cm³/mol. The minimum Gasteiger partial charge on any atom is -0.376 e. The van der Waals surface area contributed by atoms with E-state index in [9.17, 15) is 8.42 Å². The van der Waals surface area contributed by atoms with Gasteiger partial charge in [-0.15, -0.1) is 0 Å². The topological polar surface area (TPSA) is 52.6 Å². The van der Waals surface area contributed by atoms with E-state index in [0.29, 0.717) is 6.61 Å². The molecule has 0 bridgehead atoms. The van der Waals surface area contributed by atoms with Crippen molar-refractivity contribution in [3.63, 3.8) is 0 Å². The zero-order valence-electron chi connectivity index (χ0n) is 17.2. The molecule has 0 heterocycles. The Hall–Kier alpha value is 0.160. The van der Waals surface area contributed by atoms with Crippen LogP contribution in [0.4, 0.5) is 0 Å². The van der Waals surface area contributed by atoms with Gasteiger partial charge in [0, 0.05) is 10.7 Å². The van der Waals surface area contributed by atoms with Crippen LogP contribution in [0.1, 0.15) is 104 Å². The summed E-state index contributed by atoms with van der Waals surface area (Å²) in [7, 11) is 1.58. The van der Waals surface area contributed by atoms with Gasteiger partial charge in [-0.2, -0.15) is 0 Å². The smallest absolute Gasteiger partial charge is 0.259 e. The molecule has 0 N–H and O–H groups in total. The molecule has 0 aliphatic carbocycles. The Kier molecular flexibility index (Phi) is 17.4. The van der Waals surface area contributed by atoms with Gasteiger partial charge >= 0.3 is 0 Å². The van der Waals surface area contributed by atoms with Gasteiger partial charge in [0.15, 0.2) is 5.44 Å². The fourth-order valence-corrected chi connectivity index (χ4v) is 3.42. The lowest BCUT2D eigenvalue weighted by Crippen LogP contribution is -2.21. The molecule has 0 fully saturated rings.